The Bertz CT molecular complexity index is 934. The Balaban J connectivity index is 1.23. The smallest absolute Gasteiger partial charge is 0.264 e. The highest BCUT2D eigenvalue weighted by Crippen LogP contribution is 2.56. The number of aliphatic hydroxyl groups excluding tert-OH is 1. The van der Waals surface area contributed by atoms with Gasteiger partial charge in [-0.25, -0.2) is 0 Å². The van der Waals surface area contributed by atoms with Gasteiger partial charge in [-0.15, -0.1) is 11.8 Å². The lowest BCUT2D eigenvalue weighted by atomic mass is 9.53. The van der Waals surface area contributed by atoms with Crippen LogP contribution in [0.15, 0.2) is 35.6 Å². The van der Waals surface area contributed by atoms with Gasteiger partial charge in [0.2, 0.25) is 0 Å². The minimum absolute atomic E-state index is 0.0174. The molecular formula is C25H30N2O3S. The molecule has 4 bridgehead atoms. The summed E-state index contributed by atoms with van der Waals surface area (Å²) in [7, 11) is 0. The van der Waals surface area contributed by atoms with Gasteiger partial charge < -0.3 is 15.3 Å². The zero-order valence-electron chi connectivity index (χ0n) is 18.0. The second-order valence-corrected chi connectivity index (χ2v) is 11.5. The highest BCUT2D eigenvalue weighted by atomic mass is 32.2. The molecule has 1 aromatic rings. The summed E-state index contributed by atoms with van der Waals surface area (Å²) in [5, 5.41) is 14.0. The van der Waals surface area contributed by atoms with Gasteiger partial charge in [-0.2, -0.15) is 0 Å². The molecule has 5 nitrogen and oxygen atoms in total. The molecule has 4 aliphatic carbocycles. The first-order valence-electron chi connectivity index (χ1n) is 11.7. The molecule has 6 heteroatoms. The molecule has 2 N–H and O–H groups in total. The Kier molecular flexibility index (Phi) is 4.47. The average Bonchev–Trinajstić information content (AvgIpc) is 3.27. The van der Waals surface area contributed by atoms with Crippen molar-refractivity contribution < 1.29 is 14.7 Å². The molecule has 4 saturated carbocycles. The molecule has 6 aliphatic rings. The minimum Gasteiger partial charge on any atom is -0.509 e. The van der Waals surface area contributed by atoms with Crippen LogP contribution in [0.2, 0.25) is 0 Å². The van der Waals surface area contributed by atoms with E-state index in [2.05, 4.69) is 36.5 Å². The third kappa shape index (κ3) is 3.05. The number of nitrogens with one attached hydrogen (secondary N) is 1. The van der Waals surface area contributed by atoms with Gasteiger partial charge in [0, 0.05) is 11.3 Å². The summed E-state index contributed by atoms with van der Waals surface area (Å²) in [6, 6.07) is 7.92. The lowest BCUT2D eigenvalue weighted by molar-refractivity contribution is -0.131. The number of rotatable bonds is 4. The number of thioether (sulfide) groups is 1. The highest BCUT2D eigenvalue weighted by Gasteiger charge is 2.54. The zero-order valence-corrected chi connectivity index (χ0v) is 18.8. The standard InChI is InChI=1S/C25H30N2O3S/c1-2-14-3-5-18(6-4-14)24-27-19(13-31-24)21(28)20(23(27)30)22(29)26-25-10-15-7-16(11-25)9-17(8-15)12-25/h3-6,15-17,19,24,28H,2,7-13H2,1H3,(H,26,29)/t15?,16?,17?,19?,24-,25?/m0/s1. The summed E-state index contributed by atoms with van der Waals surface area (Å²) in [5.41, 5.74) is 2.12. The van der Waals surface area contributed by atoms with Crippen molar-refractivity contribution in [2.45, 2.75) is 68.8 Å². The van der Waals surface area contributed by atoms with Gasteiger partial charge in [0.05, 0.1) is 0 Å². The van der Waals surface area contributed by atoms with E-state index in [4.69, 9.17) is 0 Å². The van der Waals surface area contributed by atoms with Gasteiger partial charge in [-0.3, -0.25) is 9.59 Å². The Hall–Kier alpha value is -1.95. The molecule has 0 spiro atoms. The second kappa shape index (κ2) is 7.03. The molecule has 1 saturated heterocycles. The topological polar surface area (TPSA) is 69.6 Å². The maximum Gasteiger partial charge on any atom is 0.264 e. The van der Waals surface area contributed by atoms with Gasteiger partial charge in [-0.1, -0.05) is 31.2 Å². The number of carbonyl (C=O) groups excluding carboxylic acids is 2. The Morgan fingerprint density at radius 3 is 2.32 bits per heavy atom. The number of carbonyl (C=O) groups is 2. The summed E-state index contributed by atoms with van der Waals surface area (Å²) in [5.74, 6) is 2.04. The molecule has 1 aromatic carbocycles. The van der Waals surface area contributed by atoms with E-state index >= 15 is 0 Å². The molecule has 31 heavy (non-hydrogen) atoms. The number of nitrogens with zero attached hydrogens (tertiary/aromatic N) is 1. The number of benzene rings is 1. The number of amides is 2. The molecule has 2 heterocycles. The summed E-state index contributed by atoms with van der Waals surface area (Å²) in [6.45, 7) is 2.12. The van der Waals surface area contributed by atoms with E-state index in [1.165, 1.54) is 24.8 Å². The van der Waals surface area contributed by atoms with Crippen LogP contribution < -0.4 is 5.32 Å². The predicted octanol–water partition coefficient (Wildman–Crippen LogP) is 4.10. The van der Waals surface area contributed by atoms with Crippen molar-refractivity contribution in [1.29, 1.82) is 0 Å². The van der Waals surface area contributed by atoms with E-state index in [0.717, 1.165) is 31.2 Å². The van der Waals surface area contributed by atoms with Crippen LogP contribution in [0.4, 0.5) is 0 Å². The lowest BCUT2D eigenvalue weighted by Crippen LogP contribution is -2.60. The summed E-state index contributed by atoms with van der Waals surface area (Å²) >= 11 is 1.66. The largest absolute Gasteiger partial charge is 0.509 e. The molecule has 1 unspecified atom stereocenters. The van der Waals surface area contributed by atoms with E-state index in [1.54, 1.807) is 16.7 Å². The molecule has 2 atom stereocenters. The van der Waals surface area contributed by atoms with E-state index in [-0.39, 0.29) is 34.1 Å². The minimum atomic E-state index is -0.398. The Morgan fingerprint density at radius 1 is 1.13 bits per heavy atom. The normalized spacial score (nSPS) is 38.2. The molecular weight excluding hydrogens is 408 g/mol. The van der Waals surface area contributed by atoms with Gasteiger partial charge >= 0.3 is 0 Å². The van der Waals surface area contributed by atoms with Crippen LogP contribution >= 0.6 is 11.8 Å². The molecule has 0 aromatic heterocycles. The molecule has 0 radical (unpaired) electrons. The van der Waals surface area contributed by atoms with Gasteiger partial charge in [0.25, 0.3) is 11.8 Å². The van der Waals surface area contributed by atoms with Gasteiger partial charge in [0.15, 0.2) is 0 Å². The fraction of sp³-hybridized carbons (Fsp3) is 0.600. The summed E-state index contributed by atoms with van der Waals surface area (Å²) < 4.78 is 0. The van der Waals surface area contributed by atoms with Crippen molar-refractivity contribution in [2.24, 2.45) is 17.8 Å². The monoisotopic (exact) mass is 438 g/mol. The first-order chi connectivity index (χ1) is 15.0. The fourth-order valence-electron chi connectivity index (χ4n) is 7.33. The van der Waals surface area contributed by atoms with Crippen LogP contribution in [0.3, 0.4) is 0 Å². The predicted molar refractivity (Wildman–Crippen MR) is 120 cm³/mol. The van der Waals surface area contributed by atoms with Crippen molar-refractivity contribution in [1.82, 2.24) is 10.2 Å². The Morgan fingerprint density at radius 2 is 1.74 bits per heavy atom. The maximum absolute atomic E-state index is 13.4. The number of fused-ring (bicyclic) bond motifs is 1. The molecule has 2 aliphatic heterocycles. The molecule has 5 fully saturated rings. The average molecular weight is 439 g/mol. The van der Waals surface area contributed by atoms with E-state index in [9.17, 15) is 14.7 Å². The first kappa shape index (κ1) is 19.7. The van der Waals surface area contributed by atoms with Crippen molar-refractivity contribution in [3.8, 4) is 0 Å². The van der Waals surface area contributed by atoms with E-state index < -0.39 is 6.04 Å². The third-order valence-electron chi connectivity index (χ3n) is 8.34. The fourth-order valence-corrected chi connectivity index (χ4v) is 8.76. The number of hydrogen-bond donors (Lipinski definition) is 2. The van der Waals surface area contributed by atoms with Crippen LogP contribution in [0.5, 0.6) is 0 Å². The number of aryl methyl sites for hydroxylation is 1. The first-order valence-corrected chi connectivity index (χ1v) is 12.8. The van der Waals surface area contributed by atoms with Crippen LogP contribution in [0, 0.1) is 17.8 Å². The number of aliphatic hydroxyl groups is 1. The van der Waals surface area contributed by atoms with Crippen molar-refractivity contribution in [3.05, 3.63) is 46.7 Å². The van der Waals surface area contributed by atoms with Crippen molar-refractivity contribution in [3.63, 3.8) is 0 Å². The number of hydrogen-bond acceptors (Lipinski definition) is 4. The van der Waals surface area contributed by atoms with Gasteiger partial charge in [-0.05, 0) is 73.8 Å². The molecule has 2 amide bonds. The van der Waals surface area contributed by atoms with Gasteiger partial charge in [0.1, 0.15) is 22.7 Å². The van der Waals surface area contributed by atoms with Crippen LogP contribution in [0.1, 0.15) is 61.9 Å². The van der Waals surface area contributed by atoms with Crippen molar-refractivity contribution >= 4 is 23.6 Å². The SMILES string of the molecule is CCc1ccc([C@@H]2SCC3C(O)=C(C(=O)NC45CC6CC(CC(C6)C4)C5)C(=O)N32)cc1. The molecule has 164 valence electrons. The Labute approximate surface area is 187 Å². The van der Waals surface area contributed by atoms with E-state index in [0.29, 0.717) is 23.5 Å². The zero-order chi connectivity index (χ0) is 21.3. The maximum atomic E-state index is 13.4. The van der Waals surface area contributed by atoms with Crippen molar-refractivity contribution in [2.75, 3.05) is 5.75 Å². The van der Waals surface area contributed by atoms with Crippen LogP contribution in [-0.4, -0.2) is 39.2 Å². The summed E-state index contributed by atoms with van der Waals surface area (Å²) in [4.78, 5) is 28.4. The molecule has 7 rings (SSSR count). The highest BCUT2D eigenvalue weighted by molar-refractivity contribution is 7.99. The van der Waals surface area contributed by atoms with E-state index in [1.807, 2.05) is 0 Å². The van der Waals surface area contributed by atoms with Crippen LogP contribution in [0.25, 0.3) is 0 Å². The third-order valence-corrected chi connectivity index (χ3v) is 9.66. The lowest BCUT2D eigenvalue weighted by Gasteiger charge is -2.56. The quantitative estimate of drug-likeness (QED) is 0.695. The van der Waals surface area contributed by atoms with Crippen LogP contribution in [-0.2, 0) is 16.0 Å². The summed E-state index contributed by atoms with van der Waals surface area (Å²) in [6.07, 6.45) is 7.96. The second-order valence-electron chi connectivity index (χ2n) is 10.4.